The fourth-order valence-electron chi connectivity index (χ4n) is 0.843. The highest BCUT2D eigenvalue weighted by molar-refractivity contribution is 7.98. The molecule has 0 aliphatic heterocycles. The third kappa shape index (κ3) is 7.03. The summed E-state index contributed by atoms with van der Waals surface area (Å²) in [7, 11) is 0. The second kappa shape index (κ2) is 7.36. The highest BCUT2D eigenvalue weighted by Gasteiger charge is 2.14. The first-order valence-electron chi connectivity index (χ1n) is 4.41. The van der Waals surface area contributed by atoms with E-state index in [0.29, 0.717) is 0 Å². The topological polar surface area (TPSA) is 98.7 Å². The van der Waals surface area contributed by atoms with Crippen LogP contribution in [0.15, 0.2) is 0 Å². The molecule has 15 heavy (non-hydrogen) atoms. The van der Waals surface area contributed by atoms with Gasteiger partial charge in [0.2, 0.25) is 0 Å². The van der Waals surface area contributed by atoms with Crippen molar-refractivity contribution in [3.63, 3.8) is 0 Å². The van der Waals surface area contributed by atoms with Gasteiger partial charge < -0.3 is 20.8 Å². The normalized spacial score (nSPS) is 14.1. The van der Waals surface area contributed by atoms with E-state index < -0.39 is 18.1 Å². The average Bonchev–Trinajstić information content (AvgIpc) is 2.14. The molecule has 0 radical (unpaired) electrons. The number of thioether (sulfide) groups is 1. The summed E-state index contributed by atoms with van der Waals surface area (Å²) in [5, 5.41) is 22.1. The minimum atomic E-state index is -1.56. The predicted octanol–water partition coefficient (Wildman–Crippen LogP) is -0.517. The molecule has 0 aromatic carbocycles. The molecule has 0 aliphatic rings. The van der Waals surface area contributed by atoms with Crippen LogP contribution in [0, 0.1) is 0 Å². The molecule has 88 valence electrons. The molecule has 0 saturated heterocycles. The van der Waals surface area contributed by atoms with Crippen molar-refractivity contribution in [2.75, 3.05) is 18.6 Å². The van der Waals surface area contributed by atoms with Gasteiger partial charge in [-0.1, -0.05) is 0 Å². The van der Waals surface area contributed by atoms with E-state index in [9.17, 15) is 9.59 Å². The van der Waals surface area contributed by atoms with E-state index in [4.69, 9.17) is 10.2 Å². The number of carbonyl (C=O) groups is 2. The van der Waals surface area contributed by atoms with Crippen molar-refractivity contribution in [3.8, 4) is 0 Å². The SMILES string of the molecule is CSCC(C)NC(=O)NC[C@H](O)C(=O)O. The maximum atomic E-state index is 11.1. The second-order valence-electron chi connectivity index (χ2n) is 3.06. The Morgan fingerprint density at radius 3 is 2.53 bits per heavy atom. The van der Waals surface area contributed by atoms with E-state index >= 15 is 0 Å². The number of aliphatic hydroxyl groups excluding tert-OH is 1. The molecule has 0 aliphatic carbocycles. The number of carboxylic acids is 1. The summed E-state index contributed by atoms with van der Waals surface area (Å²) in [5.74, 6) is -0.581. The molecule has 6 nitrogen and oxygen atoms in total. The van der Waals surface area contributed by atoms with Crippen LogP contribution < -0.4 is 10.6 Å². The Bertz CT molecular complexity index is 225. The molecule has 0 saturated carbocycles. The predicted molar refractivity (Wildman–Crippen MR) is 58.0 cm³/mol. The molecule has 2 atom stereocenters. The number of aliphatic hydroxyl groups is 1. The first-order chi connectivity index (χ1) is 6.97. The molecule has 0 aromatic heterocycles. The maximum Gasteiger partial charge on any atom is 0.334 e. The molecular weight excluding hydrogens is 220 g/mol. The standard InChI is InChI=1S/C8H16N2O4S/c1-5(4-15-2)10-8(14)9-3-6(11)7(12)13/h5-6,11H,3-4H2,1-2H3,(H,12,13)(H2,9,10,14)/t5?,6-/m0/s1. The molecule has 0 spiro atoms. The van der Waals surface area contributed by atoms with Gasteiger partial charge in [0.25, 0.3) is 0 Å². The number of urea groups is 1. The van der Waals surface area contributed by atoms with Crippen LogP contribution in [0.5, 0.6) is 0 Å². The van der Waals surface area contributed by atoms with E-state index in [0.717, 1.165) is 5.75 Å². The molecule has 4 N–H and O–H groups in total. The number of amides is 2. The number of hydrogen-bond donors (Lipinski definition) is 4. The third-order valence-electron chi connectivity index (χ3n) is 1.54. The Labute approximate surface area is 92.4 Å². The molecule has 7 heteroatoms. The van der Waals surface area contributed by atoms with Crippen molar-refractivity contribution in [1.82, 2.24) is 10.6 Å². The fourth-order valence-corrected chi connectivity index (χ4v) is 1.43. The fraction of sp³-hybridized carbons (Fsp3) is 0.750. The summed E-state index contributed by atoms with van der Waals surface area (Å²) in [6.45, 7) is 1.54. The smallest absolute Gasteiger partial charge is 0.334 e. The van der Waals surface area contributed by atoms with Gasteiger partial charge >= 0.3 is 12.0 Å². The van der Waals surface area contributed by atoms with E-state index in [2.05, 4.69) is 10.6 Å². The van der Waals surface area contributed by atoms with Crippen LogP contribution in [0.3, 0.4) is 0 Å². The number of carbonyl (C=O) groups excluding carboxylic acids is 1. The van der Waals surface area contributed by atoms with Gasteiger partial charge in [0.1, 0.15) is 0 Å². The van der Waals surface area contributed by atoms with E-state index in [1.165, 1.54) is 0 Å². The zero-order valence-electron chi connectivity index (χ0n) is 8.69. The van der Waals surface area contributed by atoms with Crippen LogP contribution in [0.25, 0.3) is 0 Å². The Balaban J connectivity index is 3.70. The largest absolute Gasteiger partial charge is 0.479 e. The van der Waals surface area contributed by atoms with Crippen molar-refractivity contribution < 1.29 is 19.8 Å². The molecule has 0 fully saturated rings. The monoisotopic (exact) mass is 236 g/mol. The summed E-state index contributed by atoms with van der Waals surface area (Å²) in [6.07, 6.45) is 0.358. The third-order valence-corrected chi connectivity index (χ3v) is 2.37. The van der Waals surface area contributed by atoms with E-state index in [1.807, 2.05) is 13.2 Å². The second-order valence-corrected chi connectivity index (χ2v) is 3.98. The molecular formula is C8H16N2O4S. The quantitative estimate of drug-likeness (QED) is 0.497. The molecule has 0 aromatic rings. The zero-order valence-corrected chi connectivity index (χ0v) is 9.50. The van der Waals surface area contributed by atoms with Gasteiger partial charge in [0.15, 0.2) is 6.10 Å². The van der Waals surface area contributed by atoms with Crippen molar-refractivity contribution >= 4 is 23.8 Å². The lowest BCUT2D eigenvalue weighted by Crippen LogP contribution is -2.45. The summed E-state index contributed by atoms with van der Waals surface area (Å²) < 4.78 is 0. The Kier molecular flexibility index (Phi) is 6.89. The zero-order chi connectivity index (χ0) is 11.8. The van der Waals surface area contributed by atoms with Crippen LogP contribution in [0.2, 0.25) is 0 Å². The highest BCUT2D eigenvalue weighted by atomic mass is 32.2. The van der Waals surface area contributed by atoms with Gasteiger partial charge in [-0.05, 0) is 13.2 Å². The summed E-state index contributed by atoms with van der Waals surface area (Å²) in [4.78, 5) is 21.3. The molecule has 0 heterocycles. The molecule has 1 unspecified atom stereocenters. The van der Waals surface area contributed by atoms with Gasteiger partial charge in [-0.15, -0.1) is 0 Å². The van der Waals surface area contributed by atoms with Gasteiger partial charge in [-0.25, -0.2) is 9.59 Å². The molecule has 0 rings (SSSR count). The number of carboxylic acid groups (broad SMARTS) is 1. The van der Waals surface area contributed by atoms with Gasteiger partial charge in [0, 0.05) is 11.8 Å². The minimum Gasteiger partial charge on any atom is -0.479 e. The van der Waals surface area contributed by atoms with Crippen molar-refractivity contribution in [2.24, 2.45) is 0 Å². The Morgan fingerprint density at radius 2 is 2.07 bits per heavy atom. The summed E-state index contributed by atoms with van der Waals surface area (Å²) >= 11 is 1.60. The number of hydrogen-bond acceptors (Lipinski definition) is 4. The van der Waals surface area contributed by atoms with Gasteiger partial charge in [-0.2, -0.15) is 11.8 Å². The Hall–Kier alpha value is -0.950. The lowest BCUT2D eigenvalue weighted by molar-refractivity contribution is -0.146. The Morgan fingerprint density at radius 1 is 1.47 bits per heavy atom. The van der Waals surface area contributed by atoms with Crippen molar-refractivity contribution in [3.05, 3.63) is 0 Å². The average molecular weight is 236 g/mol. The van der Waals surface area contributed by atoms with Crippen molar-refractivity contribution in [1.29, 1.82) is 0 Å². The summed E-state index contributed by atoms with van der Waals surface area (Å²) in [5.41, 5.74) is 0. The lowest BCUT2D eigenvalue weighted by Gasteiger charge is -2.14. The first kappa shape index (κ1) is 14.1. The van der Waals surface area contributed by atoms with E-state index in [-0.39, 0.29) is 12.6 Å². The van der Waals surface area contributed by atoms with Gasteiger partial charge in [0.05, 0.1) is 6.54 Å². The van der Waals surface area contributed by atoms with Crippen LogP contribution in [0.1, 0.15) is 6.92 Å². The van der Waals surface area contributed by atoms with Gasteiger partial charge in [-0.3, -0.25) is 0 Å². The number of rotatable bonds is 6. The van der Waals surface area contributed by atoms with Crippen LogP contribution >= 0.6 is 11.8 Å². The van der Waals surface area contributed by atoms with E-state index in [1.54, 1.807) is 11.8 Å². The van der Waals surface area contributed by atoms with Crippen LogP contribution in [-0.2, 0) is 4.79 Å². The minimum absolute atomic E-state index is 0.00182. The summed E-state index contributed by atoms with van der Waals surface area (Å²) in [6, 6.07) is -0.473. The van der Waals surface area contributed by atoms with Crippen LogP contribution in [-0.4, -0.2) is 52.9 Å². The molecule has 0 bridgehead atoms. The lowest BCUT2D eigenvalue weighted by atomic mass is 10.3. The number of aliphatic carboxylic acids is 1. The highest BCUT2D eigenvalue weighted by Crippen LogP contribution is 1.95. The molecule has 2 amide bonds. The number of nitrogens with one attached hydrogen (secondary N) is 2. The maximum absolute atomic E-state index is 11.1. The van der Waals surface area contributed by atoms with Crippen molar-refractivity contribution in [2.45, 2.75) is 19.1 Å². The van der Waals surface area contributed by atoms with Crippen LogP contribution in [0.4, 0.5) is 4.79 Å². The first-order valence-corrected chi connectivity index (χ1v) is 5.81.